The molecule has 0 saturated carbocycles. The van der Waals surface area contributed by atoms with Crippen LogP contribution in [0.3, 0.4) is 0 Å². The summed E-state index contributed by atoms with van der Waals surface area (Å²) in [5.74, 6) is 3.02. The van der Waals surface area contributed by atoms with Gasteiger partial charge in [-0.15, -0.1) is 20.4 Å². The van der Waals surface area contributed by atoms with E-state index in [1.165, 1.54) is 0 Å². The van der Waals surface area contributed by atoms with Gasteiger partial charge in [-0.2, -0.15) is 0 Å². The van der Waals surface area contributed by atoms with Crippen LogP contribution in [0, 0.1) is 11.8 Å². The van der Waals surface area contributed by atoms with Gasteiger partial charge in [0.15, 0.2) is 23.0 Å². The molecule has 6 aromatic rings. The van der Waals surface area contributed by atoms with E-state index in [4.69, 9.17) is 39.4 Å². The first-order valence-electron chi connectivity index (χ1n) is 27.1. The van der Waals surface area contributed by atoms with E-state index in [2.05, 4.69) is 79.4 Å². The molecule has 4 N–H and O–H groups in total. The lowest BCUT2D eigenvalue weighted by atomic mass is 9.85. The third-order valence-electron chi connectivity index (χ3n) is 13.1. The number of hydrogen-bond donors (Lipinski definition) is 4. The largest absolute Gasteiger partial charge is 0.483 e. The Morgan fingerprint density at radius 1 is 0.365 bits per heavy atom. The van der Waals surface area contributed by atoms with Gasteiger partial charge in [0.05, 0.1) is 24.8 Å². The summed E-state index contributed by atoms with van der Waals surface area (Å²) in [6.07, 6.45) is 24.5. The summed E-state index contributed by atoms with van der Waals surface area (Å²) >= 11 is 0. The fourth-order valence-electron chi connectivity index (χ4n) is 8.59. The number of aromatic nitrogens is 12. The number of aliphatic hydroxyl groups is 4. The second kappa shape index (κ2) is 33.1. The minimum absolute atomic E-state index is 0.219. The Balaban J connectivity index is 1.10. The molecule has 2 aromatic carbocycles. The van der Waals surface area contributed by atoms with Gasteiger partial charge in [0.1, 0.15) is 49.2 Å². The van der Waals surface area contributed by atoms with Crippen LogP contribution in [0.2, 0.25) is 0 Å². The van der Waals surface area contributed by atoms with Crippen molar-refractivity contribution in [3.8, 4) is 23.0 Å². The molecule has 0 spiro atoms. The molecular formula is C54H82N12O8. The summed E-state index contributed by atoms with van der Waals surface area (Å²) in [5.41, 5.74) is 5.13. The van der Waals surface area contributed by atoms with Gasteiger partial charge in [0, 0.05) is 52.6 Å². The van der Waals surface area contributed by atoms with Crippen molar-refractivity contribution in [2.45, 2.75) is 182 Å². The number of nitrogens with zero attached hydrogens (tertiary/aromatic N) is 12. The van der Waals surface area contributed by atoms with Gasteiger partial charge in [-0.25, -0.2) is 0 Å². The molecule has 0 amide bonds. The Morgan fingerprint density at radius 2 is 0.635 bits per heavy atom. The van der Waals surface area contributed by atoms with Crippen LogP contribution in [-0.2, 0) is 65.4 Å². The molecule has 0 radical (unpaired) electrons. The van der Waals surface area contributed by atoms with E-state index in [-0.39, 0.29) is 52.9 Å². The molecule has 0 bridgehead atoms. The molecule has 0 unspecified atom stereocenters. The summed E-state index contributed by atoms with van der Waals surface area (Å²) in [4.78, 5) is 0. The zero-order chi connectivity index (χ0) is 52.0. The third-order valence-corrected chi connectivity index (χ3v) is 13.1. The zero-order valence-electron chi connectivity index (χ0n) is 43.9. The maximum Gasteiger partial charge on any atom is 0.162 e. The molecule has 0 aliphatic rings. The highest BCUT2D eigenvalue weighted by atomic mass is 16.5. The molecule has 0 saturated heterocycles. The Kier molecular flexibility index (Phi) is 25.6. The zero-order valence-corrected chi connectivity index (χ0v) is 43.9. The monoisotopic (exact) mass is 1030 g/mol. The summed E-state index contributed by atoms with van der Waals surface area (Å²) in [5, 5.41) is 71.1. The minimum Gasteiger partial charge on any atom is -0.483 e. The molecule has 4 heterocycles. The minimum atomic E-state index is 0.219. The van der Waals surface area contributed by atoms with Crippen molar-refractivity contribution in [1.82, 2.24) is 60.0 Å². The Morgan fingerprint density at radius 3 is 0.919 bits per heavy atom. The fraction of sp³-hybridized carbons (Fsp3) is 0.630. The van der Waals surface area contributed by atoms with E-state index < -0.39 is 0 Å². The first kappa shape index (κ1) is 57.3. The van der Waals surface area contributed by atoms with Crippen molar-refractivity contribution in [2.75, 3.05) is 26.4 Å². The van der Waals surface area contributed by atoms with Crippen LogP contribution >= 0.6 is 0 Å². The average Bonchev–Trinajstić information content (AvgIpc) is 4.26. The second-order valence-corrected chi connectivity index (χ2v) is 19.5. The highest BCUT2D eigenvalue weighted by Crippen LogP contribution is 2.34. The maximum atomic E-state index is 9.11. The van der Waals surface area contributed by atoms with Crippen LogP contribution in [-0.4, -0.2) is 107 Å². The van der Waals surface area contributed by atoms with Crippen molar-refractivity contribution < 1.29 is 39.4 Å². The van der Waals surface area contributed by atoms with Crippen molar-refractivity contribution in [3.63, 3.8) is 0 Å². The van der Waals surface area contributed by atoms with Gasteiger partial charge in [-0.3, -0.25) is 18.7 Å². The summed E-state index contributed by atoms with van der Waals surface area (Å²) in [6, 6.07) is 12.3. The van der Waals surface area contributed by atoms with Crippen molar-refractivity contribution in [2.24, 2.45) is 11.8 Å². The topological polar surface area (TPSA) is 241 Å². The van der Waals surface area contributed by atoms with Crippen LogP contribution in [0.15, 0.2) is 61.2 Å². The average molecular weight is 1030 g/mol. The molecule has 6 rings (SSSR count). The predicted octanol–water partition coefficient (Wildman–Crippen LogP) is 7.64. The lowest BCUT2D eigenvalue weighted by Crippen LogP contribution is -2.14. The van der Waals surface area contributed by atoms with E-state index in [1.807, 2.05) is 55.6 Å². The van der Waals surface area contributed by atoms with Crippen molar-refractivity contribution in [3.05, 3.63) is 95.1 Å². The van der Waals surface area contributed by atoms with Crippen molar-refractivity contribution >= 4 is 0 Å². The first-order chi connectivity index (χ1) is 36.3. The van der Waals surface area contributed by atoms with Gasteiger partial charge in [0.2, 0.25) is 0 Å². The highest BCUT2D eigenvalue weighted by Gasteiger charge is 2.19. The molecule has 0 aliphatic carbocycles. The standard InChI is InChI=1S/C54H82N12O8/c1-43(31-45-19-21-51(71-39-47-35-63(59-55-47)23-11-3-7-15-27-67)53(33-45)73-41-49-37-65(61-57-49)25-13-5-9-17-29-69)44(2)32-46-20-22-52(72-40-48-36-64(60-56-48)24-12-4-8-16-28-68)54(34-46)74-42-50-38-66(62-58-50)26-14-6-10-18-30-70/h19-22,33-38,43-44,67-70H,3-18,23-32,39-42H2,1-2H3/t43-,44+. The Labute approximate surface area is 436 Å². The lowest BCUT2D eigenvalue weighted by molar-refractivity contribution is 0.251. The summed E-state index contributed by atoms with van der Waals surface area (Å²) in [7, 11) is 0. The molecule has 0 aliphatic heterocycles. The Hall–Kier alpha value is -5.96. The van der Waals surface area contributed by atoms with E-state index in [9.17, 15) is 0 Å². The quantitative estimate of drug-likeness (QED) is 0.0270. The van der Waals surface area contributed by atoms with E-state index in [0.29, 0.717) is 34.8 Å². The maximum absolute atomic E-state index is 9.11. The first-order valence-corrected chi connectivity index (χ1v) is 27.1. The lowest BCUT2D eigenvalue weighted by Gasteiger charge is -2.22. The summed E-state index contributed by atoms with van der Waals surface area (Å²) in [6.45, 7) is 9.39. The summed E-state index contributed by atoms with van der Waals surface area (Å²) < 4.78 is 33.0. The van der Waals surface area contributed by atoms with Crippen LogP contribution in [0.25, 0.3) is 0 Å². The van der Waals surface area contributed by atoms with Gasteiger partial charge in [-0.05, 0) is 111 Å². The normalized spacial score (nSPS) is 12.4. The van der Waals surface area contributed by atoms with Crippen molar-refractivity contribution in [1.29, 1.82) is 0 Å². The SMILES string of the molecule is C[C@H](Cc1ccc(OCc2cn(CCCCCCO)nn2)c(OCc2cn(CCCCCCO)nn2)c1)[C@@H](C)Cc1ccc(OCc2cn(CCCCCCO)nn2)c(OCc2cn(CCCCCCO)nn2)c1. The molecule has 4 aromatic heterocycles. The number of ether oxygens (including phenoxy) is 4. The number of hydrogen-bond acceptors (Lipinski definition) is 16. The highest BCUT2D eigenvalue weighted by molar-refractivity contribution is 5.44. The number of aryl methyl sites for hydroxylation is 4. The molecule has 20 nitrogen and oxygen atoms in total. The Bertz CT molecular complexity index is 2270. The van der Waals surface area contributed by atoms with Crippen LogP contribution in [0.1, 0.15) is 150 Å². The molecular weight excluding hydrogens is 945 g/mol. The van der Waals surface area contributed by atoms with E-state index in [0.717, 1.165) is 176 Å². The fourth-order valence-corrected chi connectivity index (χ4v) is 8.59. The van der Waals surface area contributed by atoms with Gasteiger partial charge >= 0.3 is 0 Å². The number of aliphatic hydroxyl groups excluding tert-OH is 4. The number of benzene rings is 2. The second-order valence-electron chi connectivity index (χ2n) is 19.5. The molecule has 2 atom stereocenters. The van der Waals surface area contributed by atoms with E-state index >= 15 is 0 Å². The molecule has 406 valence electrons. The van der Waals surface area contributed by atoms with Crippen LogP contribution < -0.4 is 18.9 Å². The van der Waals surface area contributed by atoms with Crippen LogP contribution in [0.5, 0.6) is 23.0 Å². The third kappa shape index (κ3) is 20.7. The van der Waals surface area contributed by atoms with Crippen LogP contribution in [0.4, 0.5) is 0 Å². The smallest absolute Gasteiger partial charge is 0.162 e. The van der Waals surface area contributed by atoms with Gasteiger partial charge < -0.3 is 39.4 Å². The van der Waals surface area contributed by atoms with Gasteiger partial charge in [0.25, 0.3) is 0 Å². The molecule has 0 fully saturated rings. The predicted molar refractivity (Wildman–Crippen MR) is 278 cm³/mol. The number of unbranched alkanes of at least 4 members (excludes halogenated alkanes) is 12. The number of rotatable bonds is 41. The molecule has 20 heteroatoms. The van der Waals surface area contributed by atoms with Gasteiger partial charge in [-0.1, -0.05) is 98.2 Å². The van der Waals surface area contributed by atoms with E-state index in [1.54, 1.807) is 0 Å². The molecule has 74 heavy (non-hydrogen) atoms.